The molecule has 0 bridgehead atoms. The molecule has 1 heteroatoms. The summed E-state index contributed by atoms with van der Waals surface area (Å²) in [6.45, 7) is 2.05. The van der Waals surface area contributed by atoms with Crippen LogP contribution in [-0.4, -0.2) is 4.57 Å². The first-order chi connectivity index (χ1) is 9.90. The van der Waals surface area contributed by atoms with Crippen molar-refractivity contribution < 1.29 is 0 Å². The van der Waals surface area contributed by atoms with Gasteiger partial charge in [-0.25, -0.2) is 0 Å². The fourth-order valence-corrected chi connectivity index (χ4v) is 3.11. The summed E-state index contributed by atoms with van der Waals surface area (Å²) in [4.78, 5) is 0. The monoisotopic (exact) mass is 257 g/mol. The van der Waals surface area contributed by atoms with Crippen molar-refractivity contribution in [3.8, 4) is 0 Å². The highest BCUT2D eigenvalue weighted by molar-refractivity contribution is 6.24. The maximum absolute atomic E-state index is 2.21. The highest BCUT2D eigenvalue weighted by Crippen LogP contribution is 2.35. The highest BCUT2D eigenvalue weighted by atomic mass is 14.9. The predicted octanol–water partition coefficient (Wildman–Crippen LogP) is 5.44. The first-order valence-electron chi connectivity index (χ1n) is 6.93. The number of rotatable bonds is 1. The minimum atomic E-state index is 1.29. The van der Waals surface area contributed by atoms with Crippen LogP contribution in [0, 0.1) is 0 Å². The summed E-state index contributed by atoms with van der Waals surface area (Å²) in [5, 5.41) is 6.60. The molecule has 0 saturated carbocycles. The van der Waals surface area contributed by atoms with E-state index >= 15 is 0 Å². The van der Waals surface area contributed by atoms with Gasteiger partial charge in [0.25, 0.3) is 0 Å². The third kappa shape index (κ3) is 1.44. The molecule has 0 amide bonds. The van der Waals surface area contributed by atoms with Crippen molar-refractivity contribution in [1.29, 1.82) is 0 Å². The van der Waals surface area contributed by atoms with E-state index in [0.717, 1.165) is 0 Å². The summed E-state index contributed by atoms with van der Waals surface area (Å²) in [7, 11) is 0. The lowest BCUT2D eigenvalue weighted by atomic mass is 9.98. The number of hydrogen-bond acceptors (Lipinski definition) is 0. The lowest BCUT2D eigenvalue weighted by molar-refractivity contribution is 1.23. The molecule has 4 rings (SSSR count). The van der Waals surface area contributed by atoms with Crippen molar-refractivity contribution in [1.82, 2.24) is 4.57 Å². The van der Waals surface area contributed by atoms with Crippen LogP contribution in [0.25, 0.3) is 38.6 Å². The number of allylic oxidation sites excluding steroid dienone is 1. The number of fused-ring (bicyclic) bond motifs is 6. The second kappa shape index (κ2) is 4.24. The normalized spacial score (nSPS) is 12.1. The van der Waals surface area contributed by atoms with Crippen LogP contribution in [0.3, 0.4) is 0 Å². The van der Waals surface area contributed by atoms with Crippen LogP contribution in [0.2, 0.25) is 0 Å². The molecule has 1 aromatic heterocycles. The third-order valence-corrected chi connectivity index (χ3v) is 3.91. The van der Waals surface area contributed by atoms with E-state index in [-0.39, 0.29) is 0 Å². The Kier molecular flexibility index (Phi) is 2.40. The third-order valence-electron chi connectivity index (χ3n) is 3.91. The van der Waals surface area contributed by atoms with Crippen molar-refractivity contribution in [2.45, 2.75) is 6.92 Å². The fourth-order valence-electron chi connectivity index (χ4n) is 3.11. The van der Waals surface area contributed by atoms with Crippen LogP contribution in [0.15, 0.2) is 66.9 Å². The number of nitrogens with zero attached hydrogens (tertiary/aromatic N) is 1. The Morgan fingerprint density at radius 1 is 0.700 bits per heavy atom. The quantitative estimate of drug-likeness (QED) is 0.400. The van der Waals surface area contributed by atoms with Crippen molar-refractivity contribution in [2.75, 3.05) is 0 Å². The van der Waals surface area contributed by atoms with Gasteiger partial charge in [0.05, 0.1) is 5.52 Å². The van der Waals surface area contributed by atoms with Crippen LogP contribution >= 0.6 is 0 Å². The van der Waals surface area contributed by atoms with Crippen molar-refractivity contribution >= 4 is 38.6 Å². The molecule has 0 aliphatic carbocycles. The zero-order chi connectivity index (χ0) is 13.5. The molecule has 0 saturated heterocycles. The molecule has 0 N–H and O–H groups in total. The number of hydrogen-bond donors (Lipinski definition) is 0. The van der Waals surface area contributed by atoms with E-state index in [0.29, 0.717) is 0 Å². The van der Waals surface area contributed by atoms with Crippen LogP contribution < -0.4 is 0 Å². The summed E-state index contributed by atoms with van der Waals surface area (Å²) in [5.41, 5.74) is 1.29. The molecule has 0 fully saturated rings. The van der Waals surface area contributed by atoms with Crippen LogP contribution in [-0.2, 0) is 0 Å². The van der Waals surface area contributed by atoms with Gasteiger partial charge in [-0.2, -0.15) is 0 Å². The van der Waals surface area contributed by atoms with Crippen molar-refractivity contribution in [3.05, 3.63) is 66.9 Å². The zero-order valence-electron chi connectivity index (χ0n) is 11.4. The molecular weight excluding hydrogens is 242 g/mol. The molecule has 0 spiro atoms. The van der Waals surface area contributed by atoms with Gasteiger partial charge in [0.1, 0.15) is 0 Å². The summed E-state index contributed by atoms with van der Waals surface area (Å²) in [6.07, 6.45) is 6.33. The number of aromatic nitrogens is 1. The van der Waals surface area contributed by atoms with E-state index in [9.17, 15) is 0 Å². The fraction of sp³-hybridized carbons (Fsp3) is 0.0526. The lowest BCUT2D eigenvalue weighted by Crippen LogP contribution is -1.86. The molecule has 96 valence electrons. The Balaban J connectivity index is 2.37. The van der Waals surface area contributed by atoms with Crippen molar-refractivity contribution in [3.63, 3.8) is 0 Å². The van der Waals surface area contributed by atoms with Crippen LogP contribution in [0.4, 0.5) is 0 Å². The Hall–Kier alpha value is -2.54. The minimum Gasteiger partial charge on any atom is -0.323 e. The van der Waals surface area contributed by atoms with Gasteiger partial charge in [0.2, 0.25) is 0 Å². The van der Waals surface area contributed by atoms with Gasteiger partial charge < -0.3 is 4.57 Å². The van der Waals surface area contributed by atoms with E-state index in [4.69, 9.17) is 0 Å². The van der Waals surface area contributed by atoms with Gasteiger partial charge >= 0.3 is 0 Å². The summed E-state index contributed by atoms with van der Waals surface area (Å²) >= 11 is 0. The largest absolute Gasteiger partial charge is 0.323 e. The molecule has 1 nitrogen and oxygen atoms in total. The molecule has 0 aliphatic heterocycles. The predicted molar refractivity (Wildman–Crippen MR) is 88.0 cm³/mol. The van der Waals surface area contributed by atoms with Gasteiger partial charge in [0, 0.05) is 23.2 Å². The molecule has 4 aromatic rings. The standard InChI is InChI=1S/C19H15N/c1-2-12-20-13-11-18-16-9-4-3-7-14(16)15-8-5-6-10-17(15)19(18)20/h2-13H,1H3. The van der Waals surface area contributed by atoms with Crippen molar-refractivity contribution in [2.24, 2.45) is 0 Å². The van der Waals surface area contributed by atoms with Gasteiger partial charge in [0.15, 0.2) is 0 Å². The topological polar surface area (TPSA) is 4.93 Å². The lowest BCUT2D eigenvalue weighted by Gasteiger charge is -2.08. The van der Waals surface area contributed by atoms with Gasteiger partial charge in [-0.3, -0.25) is 0 Å². The Bertz CT molecular complexity index is 957. The summed E-state index contributed by atoms with van der Waals surface area (Å²) < 4.78 is 2.21. The summed E-state index contributed by atoms with van der Waals surface area (Å²) in [6, 6.07) is 19.5. The van der Waals surface area contributed by atoms with E-state index in [2.05, 4.69) is 84.6 Å². The van der Waals surface area contributed by atoms with Gasteiger partial charge in [-0.1, -0.05) is 54.6 Å². The highest BCUT2D eigenvalue weighted by Gasteiger charge is 2.10. The average molecular weight is 257 g/mol. The molecule has 1 heterocycles. The smallest absolute Gasteiger partial charge is 0.0607 e. The van der Waals surface area contributed by atoms with E-state index in [1.54, 1.807) is 0 Å². The van der Waals surface area contributed by atoms with E-state index in [1.165, 1.54) is 32.4 Å². The Labute approximate surface area is 117 Å². The first kappa shape index (κ1) is 11.3. The molecule has 3 aromatic carbocycles. The summed E-state index contributed by atoms with van der Waals surface area (Å²) in [5.74, 6) is 0. The van der Waals surface area contributed by atoms with Crippen LogP contribution in [0.1, 0.15) is 6.92 Å². The van der Waals surface area contributed by atoms with Crippen LogP contribution in [0.5, 0.6) is 0 Å². The Morgan fingerprint density at radius 2 is 1.20 bits per heavy atom. The minimum absolute atomic E-state index is 1.29. The number of benzene rings is 3. The van der Waals surface area contributed by atoms with E-state index < -0.39 is 0 Å². The molecule has 0 unspecified atom stereocenters. The van der Waals surface area contributed by atoms with E-state index in [1.807, 2.05) is 0 Å². The SMILES string of the molecule is CC=Cn1ccc2c3ccccc3c3ccccc3c21. The molecular formula is C19H15N. The van der Waals surface area contributed by atoms with Gasteiger partial charge in [-0.05, 0) is 29.1 Å². The maximum Gasteiger partial charge on any atom is 0.0607 e. The second-order valence-electron chi connectivity index (χ2n) is 5.06. The molecule has 20 heavy (non-hydrogen) atoms. The Morgan fingerprint density at radius 3 is 1.80 bits per heavy atom. The average Bonchev–Trinajstić information content (AvgIpc) is 2.92. The second-order valence-corrected chi connectivity index (χ2v) is 5.06. The maximum atomic E-state index is 2.21. The molecule has 0 radical (unpaired) electrons. The molecule has 0 aliphatic rings. The first-order valence-corrected chi connectivity index (χ1v) is 6.93. The van der Waals surface area contributed by atoms with Gasteiger partial charge in [-0.15, -0.1) is 0 Å². The molecule has 0 atom stereocenters. The zero-order valence-corrected chi connectivity index (χ0v) is 11.4.